The van der Waals surface area contributed by atoms with Crippen molar-refractivity contribution in [3.63, 3.8) is 0 Å². The Bertz CT molecular complexity index is 1070. The van der Waals surface area contributed by atoms with E-state index >= 15 is 0 Å². The number of benzene rings is 4. The Morgan fingerprint density at radius 3 is 0.943 bits per heavy atom. The molecule has 0 aliphatic heterocycles. The highest BCUT2D eigenvalue weighted by molar-refractivity contribution is 5.43. The standard InChI is InChI=1S/C33H32O2/c34-32(26-13-5-1-6-14-26,27-15-7-2-8-16-27)30-24-21-22-25(23-24)31(30)33(35,28-17-9-3-10-18-28)29-19-11-4-12-20-29/h1-20,24-25,30-31,34-35H,21-23H2/t24-,25+,30-,31-/m1/s1. The van der Waals surface area contributed by atoms with Crippen LogP contribution in [0.25, 0.3) is 0 Å². The highest BCUT2D eigenvalue weighted by Crippen LogP contribution is 2.64. The zero-order valence-corrected chi connectivity index (χ0v) is 19.9. The van der Waals surface area contributed by atoms with Gasteiger partial charge in [-0.1, -0.05) is 121 Å². The lowest BCUT2D eigenvalue weighted by Gasteiger charge is -2.50. The summed E-state index contributed by atoms with van der Waals surface area (Å²) in [6, 6.07) is 40.4. The third-order valence-corrected chi connectivity index (χ3v) is 8.74. The van der Waals surface area contributed by atoms with Crippen LogP contribution in [0.1, 0.15) is 41.5 Å². The van der Waals surface area contributed by atoms with Crippen molar-refractivity contribution in [3.8, 4) is 0 Å². The Balaban J connectivity index is 1.60. The van der Waals surface area contributed by atoms with E-state index in [-0.39, 0.29) is 11.8 Å². The minimum atomic E-state index is -1.20. The molecule has 4 aromatic carbocycles. The van der Waals surface area contributed by atoms with Gasteiger partial charge in [-0.3, -0.25) is 0 Å². The Morgan fingerprint density at radius 2 is 0.686 bits per heavy atom. The molecule has 0 radical (unpaired) electrons. The monoisotopic (exact) mass is 460 g/mol. The molecule has 2 aliphatic rings. The molecule has 0 spiro atoms. The van der Waals surface area contributed by atoms with E-state index in [2.05, 4.69) is 0 Å². The maximum Gasteiger partial charge on any atom is 0.118 e. The molecule has 2 saturated carbocycles. The fourth-order valence-corrected chi connectivity index (χ4v) is 7.37. The maximum atomic E-state index is 12.9. The van der Waals surface area contributed by atoms with Crippen LogP contribution in [-0.2, 0) is 11.2 Å². The molecule has 0 amide bonds. The summed E-state index contributed by atoms with van der Waals surface area (Å²) in [5, 5.41) is 25.8. The van der Waals surface area contributed by atoms with Gasteiger partial charge in [0.25, 0.3) is 0 Å². The molecule has 4 atom stereocenters. The summed E-state index contributed by atoms with van der Waals surface area (Å²) in [4.78, 5) is 0. The van der Waals surface area contributed by atoms with Crippen LogP contribution in [0, 0.1) is 23.7 Å². The van der Waals surface area contributed by atoms with Gasteiger partial charge in [0.2, 0.25) is 0 Å². The molecule has 0 unspecified atom stereocenters. The van der Waals surface area contributed by atoms with Gasteiger partial charge >= 0.3 is 0 Å². The topological polar surface area (TPSA) is 40.5 Å². The van der Waals surface area contributed by atoms with E-state index in [4.69, 9.17) is 0 Å². The number of hydrogen-bond acceptors (Lipinski definition) is 2. The molecular weight excluding hydrogens is 428 g/mol. The minimum Gasteiger partial charge on any atom is -0.380 e. The third-order valence-electron chi connectivity index (χ3n) is 8.74. The lowest BCUT2D eigenvalue weighted by atomic mass is 9.58. The molecule has 2 nitrogen and oxygen atoms in total. The second-order valence-electron chi connectivity index (χ2n) is 10.4. The van der Waals surface area contributed by atoms with Crippen molar-refractivity contribution >= 4 is 0 Å². The smallest absolute Gasteiger partial charge is 0.118 e. The Kier molecular flexibility index (Phi) is 5.59. The van der Waals surface area contributed by atoms with E-state index in [1.807, 2.05) is 121 Å². The first-order chi connectivity index (χ1) is 17.1. The van der Waals surface area contributed by atoms with Crippen molar-refractivity contribution in [1.29, 1.82) is 0 Å². The van der Waals surface area contributed by atoms with Gasteiger partial charge in [0, 0.05) is 11.8 Å². The van der Waals surface area contributed by atoms with Crippen LogP contribution in [0.5, 0.6) is 0 Å². The molecule has 4 aromatic rings. The Hall–Kier alpha value is -3.20. The van der Waals surface area contributed by atoms with E-state index in [1.165, 1.54) is 0 Å². The van der Waals surface area contributed by atoms with E-state index in [9.17, 15) is 10.2 Å². The van der Waals surface area contributed by atoms with Crippen molar-refractivity contribution < 1.29 is 10.2 Å². The van der Waals surface area contributed by atoms with E-state index < -0.39 is 11.2 Å². The summed E-state index contributed by atoms with van der Waals surface area (Å²) in [5.41, 5.74) is 1.19. The highest BCUT2D eigenvalue weighted by atomic mass is 16.3. The first-order valence-electron chi connectivity index (χ1n) is 12.8. The maximum absolute atomic E-state index is 12.9. The SMILES string of the molecule is OC(c1ccccc1)(c1ccccc1)[C@@H]1[C@@H]2CC[C@@H](C2)[C@H]1C(O)(c1ccccc1)c1ccccc1. The molecule has 2 heteroatoms. The lowest BCUT2D eigenvalue weighted by molar-refractivity contribution is -0.105. The highest BCUT2D eigenvalue weighted by Gasteiger charge is 2.63. The third kappa shape index (κ3) is 3.47. The fraction of sp³-hybridized carbons (Fsp3) is 0.273. The van der Waals surface area contributed by atoms with Gasteiger partial charge < -0.3 is 10.2 Å². The van der Waals surface area contributed by atoms with Crippen LogP contribution in [0.15, 0.2) is 121 Å². The Morgan fingerprint density at radius 1 is 0.429 bits per heavy atom. The number of fused-ring (bicyclic) bond motifs is 2. The van der Waals surface area contributed by atoms with Crippen molar-refractivity contribution in [1.82, 2.24) is 0 Å². The van der Waals surface area contributed by atoms with Gasteiger partial charge in [0.05, 0.1) is 0 Å². The van der Waals surface area contributed by atoms with Crippen LogP contribution in [0.2, 0.25) is 0 Å². The van der Waals surface area contributed by atoms with Crippen LogP contribution >= 0.6 is 0 Å². The number of hydrogen-bond donors (Lipinski definition) is 2. The van der Waals surface area contributed by atoms with E-state index in [0.29, 0.717) is 11.8 Å². The minimum absolute atomic E-state index is 0.128. The van der Waals surface area contributed by atoms with Gasteiger partial charge in [-0.05, 0) is 53.4 Å². The summed E-state index contributed by atoms with van der Waals surface area (Å²) in [6.07, 6.45) is 3.22. The summed E-state index contributed by atoms with van der Waals surface area (Å²) in [6.45, 7) is 0. The second-order valence-corrected chi connectivity index (χ2v) is 10.4. The zero-order valence-electron chi connectivity index (χ0n) is 19.9. The first-order valence-corrected chi connectivity index (χ1v) is 12.8. The molecule has 2 fully saturated rings. The molecule has 0 heterocycles. The van der Waals surface area contributed by atoms with Gasteiger partial charge in [-0.2, -0.15) is 0 Å². The van der Waals surface area contributed by atoms with Gasteiger partial charge in [0.15, 0.2) is 0 Å². The molecule has 2 N–H and O–H groups in total. The van der Waals surface area contributed by atoms with Crippen molar-refractivity contribution in [2.45, 2.75) is 30.5 Å². The van der Waals surface area contributed by atoms with Gasteiger partial charge in [0.1, 0.15) is 11.2 Å². The molecule has 2 bridgehead atoms. The molecule has 176 valence electrons. The van der Waals surface area contributed by atoms with Crippen molar-refractivity contribution in [2.24, 2.45) is 23.7 Å². The lowest BCUT2D eigenvalue weighted by Crippen LogP contribution is -2.51. The summed E-state index contributed by atoms with van der Waals surface area (Å²) in [7, 11) is 0. The fourth-order valence-electron chi connectivity index (χ4n) is 7.37. The first kappa shape index (κ1) is 22.3. The normalized spacial score (nSPS) is 23.9. The van der Waals surface area contributed by atoms with Gasteiger partial charge in [-0.15, -0.1) is 0 Å². The molecule has 6 rings (SSSR count). The molecule has 35 heavy (non-hydrogen) atoms. The van der Waals surface area contributed by atoms with Crippen LogP contribution in [0.3, 0.4) is 0 Å². The van der Waals surface area contributed by atoms with Crippen LogP contribution < -0.4 is 0 Å². The Labute approximate surface area is 207 Å². The molecule has 0 saturated heterocycles. The largest absolute Gasteiger partial charge is 0.380 e. The van der Waals surface area contributed by atoms with Crippen LogP contribution in [-0.4, -0.2) is 10.2 Å². The predicted octanol–water partition coefficient (Wildman–Crippen LogP) is 6.52. The molecular formula is C33H32O2. The number of rotatable bonds is 6. The summed E-state index contributed by atoms with van der Waals surface area (Å²) >= 11 is 0. The van der Waals surface area contributed by atoms with E-state index in [0.717, 1.165) is 41.5 Å². The number of aliphatic hydroxyl groups is 2. The average Bonchev–Trinajstić information content (AvgIpc) is 3.57. The van der Waals surface area contributed by atoms with Crippen LogP contribution in [0.4, 0.5) is 0 Å². The molecule has 2 aliphatic carbocycles. The predicted molar refractivity (Wildman–Crippen MR) is 140 cm³/mol. The summed E-state index contributed by atoms with van der Waals surface area (Å²) < 4.78 is 0. The van der Waals surface area contributed by atoms with Crippen molar-refractivity contribution in [3.05, 3.63) is 144 Å². The molecule has 0 aromatic heterocycles. The quantitative estimate of drug-likeness (QED) is 0.344. The summed E-state index contributed by atoms with van der Waals surface area (Å²) in [5.74, 6) is 0.427. The second kappa shape index (κ2) is 8.78. The zero-order chi connectivity index (χ0) is 23.9. The van der Waals surface area contributed by atoms with Gasteiger partial charge in [-0.25, -0.2) is 0 Å². The average molecular weight is 461 g/mol. The van der Waals surface area contributed by atoms with Crippen molar-refractivity contribution in [2.75, 3.05) is 0 Å². The van der Waals surface area contributed by atoms with E-state index in [1.54, 1.807) is 0 Å².